The molecule has 0 aliphatic heterocycles. The Balaban J connectivity index is 2.45. The molecule has 130 valence electrons. The van der Waals surface area contributed by atoms with Gasteiger partial charge in [0.2, 0.25) is 0 Å². The molecule has 0 radical (unpaired) electrons. The molecule has 0 heterocycles. The molecule has 0 saturated heterocycles. The monoisotopic (exact) mass is 346 g/mol. The highest BCUT2D eigenvalue weighted by Gasteiger charge is 2.31. The van der Waals surface area contributed by atoms with E-state index < -0.39 is 13.4 Å². The second kappa shape index (κ2) is 8.62. The number of hydrogen-bond acceptors (Lipinski definition) is 3. The van der Waals surface area contributed by atoms with Gasteiger partial charge >= 0.3 is 0 Å². The van der Waals surface area contributed by atoms with E-state index in [1.165, 1.54) is 0 Å². The molecule has 2 aromatic carbocycles. The summed E-state index contributed by atoms with van der Waals surface area (Å²) in [5.74, 6) is 0. The Kier molecular flexibility index (Phi) is 6.79. The fourth-order valence-corrected chi connectivity index (χ4v) is 5.28. The van der Waals surface area contributed by atoms with Gasteiger partial charge in [-0.05, 0) is 27.7 Å². The Morgan fingerprint density at radius 2 is 1.17 bits per heavy atom. The van der Waals surface area contributed by atoms with E-state index in [4.69, 9.17) is 9.47 Å². The van der Waals surface area contributed by atoms with Crippen molar-refractivity contribution in [1.82, 2.24) is 0 Å². The molecule has 0 spiro atoms. The molecule has 0 bridgehead atoms. The minimum absolute atomic E-state index is 0.348. The van der Waals surface area contributed by atoms with Gasteiger partial charge in [-0.1, -0.05) is 59.7 Å². The first-order valence-electron chi connectivity index (χ1n) is 8.46. The number of benzene rings is 2. The molecule has 0 atom stereocenters. The van der Waals surface area contributed by atoms with Crippen LogP contribution in [0.25, 0.3) is 0 Å². The molecule has 0 amide bonds. The molecule has 24 heavy (non-hydrogen) atoms. The molecule has 4 heteroatoms. The highest BCUT2D eigenvalue weighted by molar-refractivity contribution is 7.78. The van der Waals surface area contributed by atoms with E-state index in [0.717, 1.165) is 21.7 Å². The van der Waals surface area contributed by atoms with Crippen LogP contribution >= 0.6 is 7.14 Å². The smallest absolute Gasteiger partial charge is 0.164 e. The standard InChI is InChI=1S/C20H27O3P/c1-5-22-20(23-6-2)15-24(21,18-11-7-16(3)8-12-18)19-13-9-17(4)10-14-19/h7-14,20H,5-6,15H2,1-4H3. The lowest BCUT2D eigenvalue weighted by molar-refractivity contribution is -0.120. The van der Waals surface area contributed by atoms with Gasteiger partial charge in [-0.25, -0.2) is 0 Å². The lowest BCUT2D eigenvalue weighted by Gasteiger charge is -2.25. The fourth-order valence-electron chi connectivity index (χ4n) is 2.67. The highest BCUT2D eigenvalue weighted by Crippen LogP contribution is 2.44. The third kappa shape index (κ3) is 4.57. The van der Waals surface area contributed by atoms with E-state index in [9.17, 15) is 4.57 Å². The van der Waals surface area contributed by atoms with Crippen LogP contribution in [0.5, 0.6) is 0 Å². The topological polar surface area (TPSA) is 35.5 Å². The van der Waals surface area contributed by atoms with Crippen LogP contribution in [0.15, 0.2) is 48.5 Å². The van der Waals surface area contributed by atoms with E-state index in [1.807, 2.05) is 76.2 Å². The van der Waals surface area contributed by atoms with Crippen molar-refractivity contribution in [3.05, 3.63) is 59.7 Å². The molecule has 0 aliphatic rings. The molecular formula is C20H27O3P. The zero-order valence-corrected chi connectivity index (χ0v) is 15.9. The largest absolute Gasteiger partial charge is 0.352 e. The average molecular weight is 346 g/mol. The predicted molar refractivity (Wildman–Crippen MR) is 101 cm³/mol. The van der Waals surface area contributed by atoms with Gasteiger partial charge in [0.25, 0.3) is 0 Å². The molecule has 2 aromatic rings. The summed E-state index contributed by atoms with van der Waals surface area (Å²) in [6, 6.07) is 15.9. The molecule has 0 fully saturated rings. The molecular weight excluding hydrogens is 319 g/mol. The molecule has 0 aliphatic carbocycles. The fraction of sp³-hybridized carbons (Fsp3) is 0.400. The van der Waals surface area contributed by atoms with Crippen LogP contribution in [0.1, 0.15) is 25.0 Å². The zero-order chi connectivity index (χ0) is 17.6. The van der Waals surface area contributed by atoms with Crippen LogP contribution in [-0.2, 0) is 14.0 Å². The average Bonchev–Trinajstić information content (AvgIpc) is 2.56. The zero-order valence-electron chi connectivity index (χ0n) is 15.0. The van der Waals surface area contributed by atoms with Crippen LogP contribution in [-0.4, -0.2) is 25.7 Å². The molecule has 0 saturated carbocycles. The highest BCUT2D eigenvalue weighted by atomic mass is 31.2. The summed E-state index contributed by atoms with van der Waals surface area (Å²) >= 11 is 0. The SMILES string of the molecule is CCOC(CP(=O)(c1ccc(C)cc1)c1ccc(C)cc1)OCC. The van der Waals surface area contributed by atoms with Gasteiger partial charge in [0.05, 0.1) is 6.16 Å². The van der Waals surface area contributed by atoms with Crippen LogP contribution in [0.2, 0.25) is 0 Å². The maximum atomic E-state index is 14.0. The van der Waals surface area contributed by atoms with Crippen LogP contribution in [0.3, 0.4) is 0 Å². The van der Waals surface area contributed by atoms with Crippen molar-refractivity contribution in [3.63, 3.8) is 0 Å². The summed E-state index contributed by atoms with van der Waals surface area (Å²) in [6.07, 6.45) is -0.116. The summed E-state index contributed by atoms with van der Waals surface area (Å²) in [5, 5.41) is 1.70. The van der Waals surface area contributed by atoms with E-state index in [1.54, 1.807) is 0 Å². The van der Waals surface area contributed by atoms with Gasteiger partial charge in [0.1, 0.15) is 7.14 Å². The second-order valence-corrected chi connectivity index (χ2v) is 8.81. The third-order valence-corrected chi connectivity index (χ3v) is 7.09. The Hall–Kier alpha value is -1.41. The van der Waals surface area contributed by atoms with Crippen molar-refractivity contribution in [1.29, 1.82) is 0 Å². The van der Waals surface area contributed by atoms with Crippen LogP contribution < -0.4 is 10.6 Å². The Morgan fingerprint density at radius 1 is 0.792 bits per heavy atom. The van der Waals surface area contributed by atoms with E-state index in [0.29, 0.717) is 19.4 Å². The first-order chi connectivity index (χ1) is 11.5. The Bertz CT molecular complexity index is 622. The molecule has 2 rings (SSSR count). The summed E-state index contributed by atoms with van der Waals surface area (Å²) in [4.78, 5) is 0. The van der Waals surface area contributed by atoms with Gasteiger partial charge < -0.3 is 14.0 Å². The van der Waals surface area contributed by atoms with Crippen molar-refractivity contribution in [3.8, 4) is 0 Å². The number of aryl methyl sites for hydroxylation is 2. The maximum Gasteiger partial charge on any atom is 0.164 e. The summed E-state index contributed by atoms with van der Waals surface area (Å²) in [5.41, 5.74) is 2.31. The Labute approximate surface area is 145 Å². The number of rotatable bonds is 8. The molecule has 3 nitrogen and oxygen atoms in total. The lowest BCUT2D eigenvalue weighted by Crippen LogP contribution is -2.29. The minimum atomic E-state index is -2.83. The first-order valence-corrected chi connectivity index (χ1v) is 10.4. The van der Waals surface area contributed by atoms with Gasteiger partial charge in [-0.15, -0.1) is 0 Å². The predicted octanol–water partition coefficient (Wildman–Crippen LogP) is 4.02. The second-order valence-electron chi connectivity index (χ2n) is 5.93. The van der Waals surface area contributed by atoms with Gasteiger partial charge in [-0.2, -0.15) is 0 Å². The van der Waals surface area contributed by atoms with Crippen molar-refractivity contribution >= 4 is 17.8 Å². The van der Waals surface area contributed by atoms with Crippen molar-refractivity contribution in [2.75, 3.05) is 19.4 Å². The van der Waals surface area contributed by atoms with E-state index in [2.05, 4.69) is 0 Å². The third-order valence-electron chi connectivity index (χ3n) is 4.01. The maximum absolute atomic E-state index is 14.0. The van der Waals surface area contributed by atoms with Crippen molar-refractivity contribution in [2.45, 2.75) is 34.0 Å². The van der Waals surface area contributed by atoms with Crippen LogP contribution in [0, 0.1) is 13.8 Å². The summed E-state index contributed by atoms with van der Waals surface area (Å²) in [6.45, 7) is 8.98. The lowest BCUT2D eigenvalue weighted by atomic mass is 10.2. The van der Waals surface area contributed by atoms with E-state index in [-0.39, 0.29) is 0 Å². The normalized spacial score (nSPS) is 11.9. The van der Waals surface area contributed by atoms with Gasteiger partial charge in [0, 0.05) is 23.8 Å². The molecule has 0 aromatic heterocycles. The molecule has 0 N–H and O–H groups in total. The number of hydrogen-bond donors (Lipinski definition) is 0. The van der Waals surface area contributed by atoms with Crippen LogP contribution in [0.4, 0.5) is 0 Å². The quantitative estimate of drug-likeness (QED) is 0.535. The molecule has 0 unspecified atom stereocenters. The number of ether oxygens (including phenoxy) is 2. The summed E-state index contributed by atoms with van der Waals surface area (Å²) in [7, 11) is -2.83. The van der Waals surface area contributed by atoms with Crippen molar-refractivity contribution < 1.29 is 14.0 Å². The van der Waals surface area contributed by atoms with Gasteiger partial charge in [-0.3, -0.25) is 0 Å². The van der Waals surface area contributed by atoms with E-state index >= 15 is 0 Å². The first kappa shape index (κ1) is 18.9. The summed E-state index contributed by atoms with van der Waals surface area (Å²) < 4.78 is 25.4. The minimum Gasteiger partial charge on any atom is -0.352 e. The van der Waals surface area contributed by atoms with Gasteiger partial charge in [0.15, 0.2) is 6.29 Å². The Morgan fingerprint density at radius 3 is 1.50 bits per heavy atom. The van der Waals surface area contributed by atoms with Crippen molar-refractivity contribution in [2.24, 2.45) is 0 Å².